The summed E-state index contributed by atoms with van der Waals surface area (Å²) < 4.78 is 151. The molecule has 0 saturated heterocycles. The molecule has 682 valence electrons. The van der Waals surface area contributed by atoms with Crippen LogP contribution in [0.2, 0.25) is 5.02 Å². The molecular weight excluding hydrogens is 1770 g/mol. The largest absolute Gasteiger partial charge is 0.402 e. The highest BCUT2D eigenvalue weighted by Gasteiger charge is 2.56. The Kier molecular flexibility index (Phi) is 24.6. The first-order valence-electron chi connectivity index (χ1n) is 44.3. The summed E-state index contributed by atoms with van der Waals surface area (Å²) in [7, 11) is -7.90. The van der Waals surface area contributed by atoms with Crippen molar-refractivity contribution in [3.8, 4) is 17.1 Å². The second-order valence-corrected chi connectivity index (χ2v) is 42.9. The number of ketones is 3. The first kappa shape index (κ1) is 90.9. The maximum absolute atomic E-state index is 14.7. The number of pyridine rings is 3. The number of hydrogen-bond donors (Lipinski definition) is 0. The molecule has 0 radical (unpaired) electrons. The molecule has 5 fully saturated rings. The van der Waals surface area contributed by atoms with E-state index in [1.807, 2.05) is 83.0 Å². The van der Waals surface area contributed by atoms with Crippen LogP contribution in [0.5, 0.6) is 0 Å². The van der Waals surface area contributed by atoms with Crippen molar-refractivity contribution in [2.75, 3.05) is 19.6 Å². The molecule has 8 aliphatic carbocycles. The number of carbonyl (C=O) groups is 3. The quantitative estimate of drug-likeness (QED) is 0.0331. The predicted molar refractivity (Wildman–Crippen MR) is 499 cm³/mol. The van der Waals surface area contributed by atoms with Gasteiger partial charge in [0.25, 0.3) is 0 Å². The highest BCUT2D eigenvalue weighted by molar-refractivity contribution is 7.98. The minimum absolute atomic E-state index is 0.0194. The van der Waals surface area contributed by atoms with E-state index in [1.54, 1.807) is 102 Å². The first-order valence-corrected chi connectivity index (χ1v) is 49.7. The lowest BCUT2D eigenvalue weighted by molar-refractivity contribution is -0.140. The number of aromatic nitrogens is 11. The van der Waals surface area contributed by atoms with Crippen molar-refractivity contribution in [2.45, 2.75) is 174 Å². The molecular formula is C101H98ClF7N14O6S3. The van der Waals surface area contributed by atoms with Crippen molar-refractivity contribution in [2.24, 2.45) is 23.3 Å². The Labute approximate surface area is 767 Å². The number of halogens is 8. The molecule has 5 aromatic carbocycles. The molecule has 20 nitrogen and oxygen atoms in total. The number of fused-ring (bicyclic) bond motifs is 6. The van der Waals surface area contributed by atoms with E-state index < -0.39 is 75.8 Å². The average Bonchev–Trinajstić information content (AvgIpc) is 1.45. The van der Waals surface area contributed by atoms with Crippen LogP contribution in [0.25, 0.3) is 35.3 Å². The zero-order chi connectivity index (χ0) is 92.7. The smallest absolute Gasteiger partial charge is 0.291 e. The molecule has 0 N–H and O–H groups in total. The SMILES string of the molecule is C=S(=O)(c1ccc(Cl)cc1)N(CC)[C@H]1CCC2=Cc3c(cnn3-c3ccc(F)cc3)C[C@]2(C(=O)c2ccc(C3CC3)cn2)C1.C=S(=O)(c1ccc(F)cc1)N(CC)[C@H]1CCC2=Cc3c(cnn3-c3ccc(F)cc3)C[C@]2(C(=O)c2ccc(C3CC3)cn2)C1.C=S(=O)(c1ccn(C)n1)N(CC(F)(F)F)[C@H]1CCC2=Cc3c(cnn3-c3ccc(F)cc3)C[C@]2(C(=O)c2cc(C)ccn2)C1. The number of allylic oxidation sites excluding steroid dienone is 3. The van der Waals surface area contributed by atoms with Crippen molar-refractivity contribution in [3.63, 3.8) is 0 Å². The van der Waals surface area contributed by atoms with Gasteiger partial charge < -0.3 is 0 Å². The third-order valence-electron chi connectivity index (χ3n) is 27.4. The lowest BCUT2D eigenvalue weighted by atomic mass is 9.60. The van der Waals surface area contributed by atoms with Gasteiger partial charge in [-0.2, -0.15) is 33.6 Å². The minimum atomic E-state index is -4.68. The zero-order valence-corrected chi connectivity index (χ0v) is 76.5. The van der Waals surface area contributed by atoms with E-state index in [9.17, 15) is 57.7 Å². The molecule has 0 bridgehead atoms. The normalized spacial score (nSPS) is 22.1. The van der Waals surface area contributed by atoms with Crippen LogP contribution >= 0.6 is 11.6 Å². The van der Waals surface area contributed by atoms with Gasteiger partial charge >= 0.3 is 6.18 Å². The molecule has 132 heavy (non-hydrogen) atoms. The lowest BCUT2D eigenvalue weighted by Crippen LogP contribution is -2.52. The Morgan fingerprint density at radius 2 is 0.826 bits per heavy atom. The van der Waals surface area contributed by atoms with Gasteiger partial charge in [0.1, 0.15) is 46.9 Å². The molecule has 31 heteroatoms. The second kappa shape index (κ2) is 35.7. The van der Waals surface area contributed by atoms with Gasteiger partial charge in [-0.15, -0.1) is 0 Å². The van der Waals surface area contributed by atoms with Crippen LogP contribution in [-0.4, -0.2) is 159 Å². The van der Waals surface area contributed by atoms with E-state index >= 15 is 0 Å². The van der Waals surface area contributed by atoms with Gasteiger partial charge in [-0.25, -0.2) is 57.1 Å². The monoisotopic (exact) mass is 1870 g/mol. The van der Waals surface area contributed by atoms with Gasteiger partial charge in [0.05, 0.1) is 98.1 Å². The van der Waals surface area contributed by atoms with Crippen molar-refractivity contribution >= 4 is 93.9 Å². The summed E-state index contributed by atoms with van der Waals surface area (Å²) in [5.74, 6) is 11.4. The van der Waals surface area contributed by atoms with E-state index in [0.717, 1.165) is 85.3 Å². The third-order valence-corrected chi connectivity index (χ3v) is 34.4. The number of hydrogen-bond acceptors (Lipinski definition) is 13. The number of nitrogens with zero attached hydrogens (tertiary/aromatic N) is 14. The zero-order valence-electron chi connectivity index (χ0n) is 73.3. The fourth-order valence-corrected chi connectivity index (χ4v) is 26.2. The van der Waals surface area contributed by atoms with Gasteiger partial charge in [-0.05, 0) is 342 Å². The molecule has 0 aliphatic heterocycles. The fraction of sp³-hybridized carbons (Fsp3) is 0.317. The van der Waals surface area contributed by atoms with E-state index in [2.05, 4.69) is 65.1 Å². The average molecular weight is 1870 g/mol. The van der Waals surface area contributed by atoms with Crippen LogP contribution in [0.1, 0.15) is 191 Å². The predicted octanol–water partition coefficient (Wildman–Crippen LogP) is 19.5. The summed E-state index contributed by atoms with van der Waals surface area (Å²) in [6.07, 6.45) is 23.0. The first-order chi connectivity index (χ1) is 63.1. The maximum atomic E-state index is 14.7. The van der Waals surface area contributed by atoms with Crippen molar-refractivity contribution in [1.82, 2.24) is 67.0 Å². The summed E-state index contributed by atoms with van der Waals surface area (Å²) in [6, 6.07) is 42.3. The Morgan fingerprint density at radius 1 is 0.462 bits per heavy atom. The minimum Gasteiger partial charge on any atom is -0.291 e. The fourth-order valence-electron chi connectivity index (χ4n) is 20.5. The van der Waals surface area contributed by atoms with E-state index in [0.29, 0.717) is 113 Å². The van der Waals surface area contributed by atoms with Crippen LogP contribution in [0, 0.1) is 46.4 Å². The summed E-state index contributed by atoms with van der Waals surface area (Å²) in [6.45, 7) is 5.26. The van der Waals surface area contributed by atoms with Crippen LogP contribution in [0.3, 0.4) is 0 Å². The molecule has 7 aromatic heterocycles. The van der Waals surface area contributed by atoms with Gasteiger partial charge in [0.15, 0.2) is 22.4 Å². The topological polar surface area (TPSA) is 222 Å². The van der Waals surface area contributed by atoms with Gasteiger partial charge in [-0.3, -0.25) is 34.0 Å². The van der Waals surface area contributed by atoms with Crippen molar-refractivity contribution < 1.29 is 57.7 Å². The maximum Gasteiger partial charge on any atom is 0.402 e. The highest BCUT2D eigenvalue weighted by atomic mass is 35.5. The number of carbonyl (C=O) groups excluding carboxylic acids is 3. The van der Waals surface area contributed by atoms with Gasteiger partial charge in [0.2, 0.25) is 0 Å². The van der Waals surface area contributed by atoms with E-state index in [-0.39, 0.29) is 77.5 Å². The van der Waals surface area contributed by atoms with E-state index in [4.69, 9.17) is 11.6 Å². The second-order valence-electron chi connectivity index (χ2n) is 35.8. The van der Waals surface area contributed by atoms with Gasteiger partial charge in [0, 0.05) is 77.9 Å². The van der Waals surface area contributed by atoms with Gasteiger partial charge in [-0.1, -0.05) is 54.3 Å². The lowest BCUT2D eigenvalue weighted by Gasteiger charge is -2.47. The standard InChI is InChI=1S/C35H34ClFN4O2S.C35H34F2N4O2S.C31H30F4N6O2S/c1-3-40(44(2,43)31-15-8-27(36)9-16-31)30-12-7-26-18-33-25(22-39-41(33)29-13-10-28(37)11-14-29)19-35(26,20-30)34(42)32-17-6-24(21-38-32)23-4-5-23;1-3-40(44(2,43)31-15-10-28(37)11-16-31)30-12-7-26-18-33-25(22-39-41(33)29-13-8-27(36)9-14-29)19-35(26,20-30)34(42)32-17-6-24(21-38-32)23-4-5-23;1-20-10-12-36-26(14-20)29(42)30-16-21-18-37-41(24-8-5-23(32)6-9-24)27(21)15-22(30)4-7-25(17-30)40(19-31(33,34)35)44(3,43)28-11-13-39(2)38-28/h2*6,8-11,13-18,21-23,30H,2-5,7,12,19-20H2,1H3;5-6,8-15,18,25H,3-4,7,16-17,19H2,1-2H3/t2*30-,35-,44?;25-,30-,44?/m000/s1. The molecule has 0 amide bonds. The summed E-state index contributed by atoms with van der Waals surface area (Å²) in [5.41, 5.74) is 11.1. The Morgan fingerprint density at radius 3 is 1.16 bits per heavy atom. The molecule has 12 aromatic rings. The number of Topliss-reactive ketones (excluding diaryl/α,β-unsaturated/α-hetero) is 3. The number of aryl methyl sites for hydroxylation is 2. The Bertz CT molecular complexity index is 6640. The van der Waals surface area contributed by atoms with Crippen LogP contribution in [0.15, 0.2) is 239 Å². The molecule has 3 unspecified atom stereocenters. The molecule has 7 heterocycles. The molecule has 9 atom stereocenters. The Balaban J connectivity index is 0.000000133. The number of rotatable bonds is 23. The number of alkyl halides is 3. The van der Waals surface area contributed by atoms with Crippen LogP contribution in [0.4, 0.5) is 30.7 Å². The summed E-state index contributed by atoms with van der Waals surface area (Å²) in [5, 5.41) is 18.5. The third kappa shape index (κ3) is 17.6. The highest BCUT2D eigenvalue weighted by Crippen LogP contribution is 2.56. The van der Waals surface area contributed by atoms with Crippen molar-refractivity contribution in [3.05, 3.63) is 320 Å². The molecule has 0 spiro atoms. The van der Waals surface area contributed by atoms with Crippen molar-refractivity contribution in [1.29, 1.82) is 0 Å². The Hall–Kier alpha value is -11.6. The summed E-state index contributed by atoms with van der Waals surface area (Å²) >= 11 is 6.13. The molecule has 5 saturated carbocycles. The van der Waals surface area contributed by atoms with Crippen LogP contribution < -0.4 is 0 Å². The summed E-state index contributed by atoms with van der Waals surface area (Å²) in [4.78, 5) is 58.6. The number of benzene rings is 5. The molecule has 20 rings (SSSR count). The van der Waals surface area contributed by atoms with E-state index in [1.165, 1.54) is 102 Å². The van der Waals surface area contributed by atoms with Crippen LogP contribution in [-0.2, 0) is 55.4 Å². The molecule has 8 aliphatic rings.